The number of benzene rings is 6. The molecular formula is C44H40N8O6+2. The summed E-state index contributed by atoms with van der Waals surface area (Å²) in [7, 11) is 9.66. The summed E-state index contributed by atoms with van der Waals surface area (Å²) >= 11 is 0. The van der Waals surface area contributed by atoms with Crippen LogP contribution in [-0.4, -0.2) is 72.6 Å². The van der Waals surface area contributed by atoms with E-state index in [1.807, 2.05) is 133 Å². The Labute approximate surface area is 334 Å². The first-order valence-electron chi connectivity index (χ1n) is 18.2. The molecule has 0 radical (unpaired) electrons. The molecule has 0 spiro atoms. The highest BCUT2D eigenvalue weighted by Crippen LogP contribution is 2.34. The third kappa shape index (κ3) is 6.98. The average molecular weight is 777 g/mol. The zero-order valence-electron chi connectivity index (χ0n) is 32.7. The van der Waals surface area contributed by atoms with Crippen LogP contribution in [0.1, 0.15) is 0 Å². The van der Waals surface area contributed by atoms with E-state index in [4.69, 9.17) is 48.8 Å². The van der Waals surface area contributed by atoms with Gasteiger partial charge in [-0.2, -0.15) is 0 Å². The lowest BCUT2D eigenvalue weighted by Crippen LogP contribution is -2.43. The average Bonchev–Trinajstić information content (AvgIpc) is 3.95. The first kappa shape index (κ1) is 37.2. The van der Waals surface area contributed by atoms with Gasteiger partial charge in [0.05, 0.1) is 64.0 Å². The van der Waals surface area contributed by atoms with E-state index >= 15 is 0 Å². The van der Waals surface area contributed by atoms with E-state index in [0.29, 0.717) is 63.2 Å². The molecule has 0 aliphatic rings. The Bertz CT molecular complexity index is 2720. The Kier molecular flexibility index (Phi) is 10.4. The van der Waals surface area contributed by atoms with Gasteiger partial charge in [0, 0.05) is 15.7 Å². The fourth-order valence-electron chi connectivity index (χ4n) is 6.56. The van der Waals surface area contributed by atoms with E-state index in [1.165, 1.54) is 0 Å². The first-order chi connectivity index (χ1) is 28.5. The van der Waals surface area contributed by atoms with Crippen LogP contribution in [0.3, 0.4) is 0 Å². The van der Waals surface area contributed by atoms with Gasteiger partial charge in [0.25, 0.3) is 0 Å². The summed E-state index contributed by atoms with van der Waals surface area (Å²) < 4.78 is 34.2. The molecule has 2 heterocycles. The summed E-state index contributed by atoms with van der Waals surface area (Å²) in [5, 5.41) is 19.7. The molecule has 0 atom stereocenters. The Morgan fingerprint density at radius 3 is 1.33 bits per heavy atom. The van der Waals surface area contributed by atoms with Gasteiger partial charge in [-0.15, -0.1) is 0 Å². The van der Waals surface area contributed by atoms with Gasteiger partial charge in [-0.05, 0) is 122 Å². The summed E-state index contributed by atoms with van der Waals surface area (Å²) in [6.07, 6.45) is 0. The lowest BCUT2D eigenvalue weighted by Gasteiger charge is -2.11. The van der Waals surface area contributed by atoms with Gasteiger partial charge in [-0.25, -0.2) is 0 Å². The summed E-state index contributed by atoms with van der Waals surface area (Å²) in [6, 6.07) is 42.6. The van der Waals surface area contributed by atoms with Crippen LogP contribution >= 0.6 is 0 Å². The van der Waals surface area contributed by atoms with Crippen LogP contribution in [0.2, 0.25) is 0 Å². The number of hydrogen-bond acceptors (Lipinski definition) is 10. The molecule has 58 heavy (non-hydrogen) atoms. The number of methoxy groups -OCH3 is 6. The Hall–Kier alpha value is -7.74. The SMILES string of the molecule is COc1ccc(-c2nn(-c3ccccc3)[n+](-c3ccc(-c4ccc(-[n+]5nc(-c6ccccc6)nn5-c5ccc(OC)c(OC)c5)c(OC)c4)cc3OC)n2)cc1OC. The molecule has 0 aliphatic carbocycles. The minimum Gasteiger partial charge on any atom is -0.493 e. The van der Waals surface area contributed by atoms with Crippen LogP contribution in [0.25, 0.3) is 56.7 Å². The number of nitrogens with zero attached hydrogens (tertiary/aromatic N) is 8. The third-order valence-corrected chi connectivity index (χ3v) is 9.50. The second-order valence-corrected chi connectivity index (χ2v) is 12.8. The standard InChI is InChI=1S/C44H40N8O6/c1-53-37-23-19-32(27-41(37)57-5)44-46-49(33-15-11-8-12-16-33)51(48-44)35-21-17-30(25-39(35)55-3)31-18-22-36(40(26-31)56-4)52-47-43(29-13-9-7-10-14-29)45-50(52)34-20-24-38(54-2)42(28-34)58-6/h7-28H,1-6H3/q+2. The van der Waals surface area contributed by atoms with Crippen molar-refractivity contribution in [2.45, 2.75) is 0 Å². The molecular weight excluding hydrogens is 737 g/mol. The van der Waals surface area contributed by atoms with Gasteiger partial charge in [0.2, 0.25) is 11.4 Å². The molecule has 14 heteroatoms. The molecule has 0 aliphatic heterocycles. The van der Waals surface area contributed by atoms with Gasteiger partial charge >= 0.3 is 11.6 Å². The van der Waals surface area contributed by atoms with E-state index in [0.717, 1.165) is 27.9 Å². The predicted octanol–water partition coefficient (Wildman–Crippen LogP) is 6.45. The Balaban J connectivity index is 1.21. The molecule has 0 fully saturated rings. The van der Waals surface area contributed by atoms with Gasteiger partial charge in [0.1, 0.15) is 11.4 Å². The highest BCUT2D eigenvalue weighted by atomic mass is 16.5. The smallest absolute Gasteiger partial charge is 0.340 e. The molecule has 0 N–H and O–H groups in total. The minimum atomic E-state index is 0.477. The van der Waals surface area contributed by atoms with E-state index in [-0.39, 0.29) is 0 Å². The number of hydrogen-bond donors (Lipinski definition) is 0. The quantitative estimate of drug-likeness (QED) is 0.121. The fourth-order valence-corrected chi connectivity index (χ4v) is 6.56. The van der Waals surface area contributed by atoms with Crippen molar-refractivity contribution >= 4 is 0 Å². The molecule has 2 aromatic heterocycles. The van der Waals surface area contributed by atoms with Crippen LogP contribution in [0, 0.1) is 0 Å². The van der Waals surface area contributed by atoms with Gasteiger partial charge < -0.3 is 28.4 Å². The molecule has 0 saturated carbocycles. The van der Waals surface area contributed by atoms with Crippen LogP contribution in [0.15, 0.2) is 133 Å². The maximum Gasteiger partial charge on any atom is 0.340 e. The van der Waals surface area contributed by atoms with Crippen molar-refractivity contribution in [2.75, 3.05) is 42.7 Å². The number of rotatable bonds is 13. The van der Waals surface area contributed by atoms with Crippen LogP contribution in [0.5, 0.6) is 34.5 Å². The van der Waals surface area contributed by atoms with Crippen molar-refractivity contribution < 1.29 is 38.0 Å². The third-order valence-electron chi connectivity index (χ3n) is 9.50. The van der Waals surface area contributed by atoms with Crippen molar-refractivity contribution in [3.63, 3.8) is 0 Å². The number of tetrazole rings is 2. The maximum absolute atomic E-state index is 6.02. The fraction of sp³-hybridized carbons (Fsp3) is 0.136. The summed E-state index contributed by atoms with van der Waals surface area (Å²) in [5.41, 5.74) is 6.21. The summed E-state index contributed by atoms with van der Waals surface area (Å²) in [4.78, 5) is 6.86. The molecule has 290 valence electrons. The van der Waals surface area contributed by atoms with E-state index < -0.39 is 0 Å². The normalized spacial score (nSPS) is 10.9. The largest absolute Gasteiger partial charge is 0.493 e. The number of ether oxygens (including phenoxy) is 6. The second-order valence-electron chi connectivity index (χ2n) is 12.8. The zero-order valence-corrected chi connectivity index (χ0v) is 32.7. The zero-order chi connectivity index (χ0) is 40.2. The molecule has 0 saturated heterocycles. The van der Waals surface area contributed by atoms with Crippen LogP contribution in [0.4, 0.5) is 0 Å². The number of para-hydroxylation sites is 1. The van der Waals surface area contributed by atoms with Crippen molar-refractivity contribution in [3.8, 4) is 91.1 Å². The number of aromatic nitrogens is 8. The molecule has 0 bridgehead atoms. The van der Waals surface area contributed by atoms with Crippen molar-refractivity contribution in [2.24, 2.45) is 0 Å². The molecule has 8 aromatic rings. The molecule has 14 nitrogen and oxygen atoms in total. The van der Waals surface area contributed by atoms with Crippen molar-refractivity contribution in [3.05, 3.63) is 133 Å². The lowest BCUT2D eigenvalue weighted by atomic mass is 10.0. The summed E-state index contributed by atoms with van der Waals surface area (Å²) in [6.45, 7) is 0. The molecule has 0 amide bonds. The highest BCUT2D eigenvalue weighted by Gasteiger charge is 2.29. The predicted molar refractivity (Wildman–Crippen MR) is 215 cm³/mol. The van der Waals surface area contributed by atoms with Gasteiger partial charge in [-0.3, -0.25) is 0 Å². The topological polar surface area (TPSA) is 125 Å². The van der Waals surface area contributed by atoms with Crippen molar-refractivity contribution in [1.82, 2.24) is 30.0 Å². The van der Waals surface area contributed by atoms with Gasteiger partial charge in [0.15, 0.2) is 34.5 Å². The van der Waals surface area contributed by atoms with Crippen LogP contribution < -0.4 is 38.0 Å². The Morgan fingerprint density at radius 1 is 0.362 bits per heavy atom. The van der Waals surface area contributed by atoms with E-state index in [2.05, 4.69) is 0 Å². The molecule has 0 unspecified atom stereocenters. The monoisotopic (exact) mass is 776 g/mol. The second kappa shape index (κ2) is 16.2. The van der Waals surface area contributed by atoms with E-state index in [1.54, 1.807) is 61.8 Å². The first-order valence-corrected chi connectivity index (χ1v) is 18.2. The molecule has 8 rings (SSSR count). The van der Waals surface area contributed by atoms with E-state index in [9.17, 15) is 0 Å². The minimum absolute atomic E-state index is 0.477. The maximum atomic E-state index is 6.02. The van der Waals surface area contributed by atoms with Gasteiger partial charge in [-0.1, -0.05) is 36.4 Å². The summed E-state index contributed by atoms with van der Waals surface area (Å²) in [5.74, 6) is 4.48. The molecule has 6 aromatic carbocycles. The lowest BCUT2D eigenvalue weighted by molar-refractivity contribution is -0.734. The Morgan fingerprint density at radius 2 is 0.793 bits per heavy atom. The highest BCUT2D eigenvalue weighted by molar-refractivity contribution is 5.70. The van der Waals surface area contributed by atoms with Crippen LogP contribution in [-0.2, 0) is 0 Å². The van der Waals surface area contributed by atoms with Crippen molar-refractivity contribution in [1.29, 1.82) is 0 Å².